The standard InChI is InChI=1S/C29H25N5O2S2/c35-28(33-31-18-24-16-21-6-1-3-8-26(21)37-24)10-5-15-30-23-13-11-20(12-14-23)29(36)34-32-19-25-17-22-7-2-4-9-27(22)38-25/h1-4,6-9,11-14,16-19,30H,5,10,15H2,(H,33,35)(H,34,36)/b31-18+,32-19+. The van der Waals surface area contributed by atoms with Gasteiger partial charge >= 0.3 is 0 Å². The van der Waals surface area contributed by atoms with E-state index in [-0.39, 0.29) is 11.8 Å². The lowest BCUT2D eigenvalue weighted by molar-refractivity contribution is -0.121. The molecule has 5 rings (SSSR count). The lowest BCUT2D eigenvalue weighted by Crippen LogP contribution is -2.18. The average Bonchev–Trinajstić information content (AvgIpc) is 3.54. The summed E-state index contributed by atoms with van der Waals surface area (Å²) in [6, 6.07) is 27.5. The van der Waals surface area contributed by atoms with Crippen molar-refractivity contribution in [1.29, 1.82) is 0 Å². The molecule has 0 radical (unpaired) electrons. The number of anilines is 1. The van der Waals surface area contributed by atoms with E-state index in [1.54, 1.807) is 47.2 Å². The summed E-state index contributed by atoms with van der Waals surface area (Å²) in [7, 11) is 0. The van der Waals surface area contributed by atoms with Crippen LogP contribution in [0.2, 0.25) is 0 Å². The van der Waals surface area contributed by atoms with Gasteiger partial charge in [-0.3, -0.25) is 9.59 Å². The van der Waals surface area contributed by atoms with Crippen molar-refractivity contribution in [2.75, 3.05) is 11.9 Å². The third-order valence-corrected chi connectivity index (χ3v) is 7.79. The number of thiophene rings is 2. The minimum absolute atomic E-state index is 0.132. The van der Waals surface area contributed by atoms with Crippen molar-refractivity contribution < 1.29 is 9.59 Å². The summed E-state index contributed by atoms with van der Waals surface area (Å²) >= 11 is 3.25. The van der Waals surface area contributed by atoms with Gasteiger partial charge in [0, 0.05) is 43.4 Å². The molecular formula is C29H25N5O2S2. The third-order valence-electron chi connectivity index (χ3n) is 5.68. The first-order valence-corrected chi connectivity index (χ1v) is 13.7. The van der Waals surface area contributed by atoms with Crippen molar-refractivity contribution in [2.24, 2.45) is 10.2 Å². The van der Waals surface area contributed by atoms with E-state index in [1.165, 1.54) is 14.8 Å². The molecule has 0 saturated heterocycles. The molecular weight excluding hydrogens is 514 g/mol. The van der Waals surface area contributed by atoms with Crippen molar-refractivity contribution in [3.63, 3.8) is 0 Å². The first-order valence-electron chi connectivity index (χ1n) is 12.1. The highest BCUT2D eigenvalue weighted by atomic mass is 32.1. The van der Waals surface area contributed by atoms with Crippen molar-refractivity contribution in [2.45, 2.75) is 12.8 Å². The van der Waals surface area contributed by atoms with Gasteiger partial charge in [-0.2, -0.15) is 10.2 Å². The van der Waals surface area contributed by atoms with Crippen molar-refractivity contribution in [3.05, 3.63) is 100 Å². The number of fused-ring (bicyclic) bond motifs is 2. The quantitative estimate of drug-likeness (QED) is 0.112. The number of hydrogen-bond acceptors (Lipinski definition) is 7. The number of nitrogens with one attached hydrogen (secondary N) is 3. The molecule has 0 fully saturated rings. The van der Waals surface area contributed by atoms with Gasteiger partial charge < -0.3 is 5.32 Å². The maximum atomic E-state index is 12.4. The monoisotopic (exact) mass is 539 g/mol. The van der Waals surface area contributed by atoms with Crippen molar-refractivity contribution in [3.8, 4) is 0 Å². The molecule has 0 aliphatic carbocycles. The normalized spacial score (nSPS) is 11.5. The van der Waals surface area contributed by atoms with E-state index in [0.29, 0.717) is 24.9 Å². The number of nitrogens with zero attached hydrogens (tertiary/aromatic N) is 2. The fourth-order valence-corrected chi connectivity index (χ4v) is 5.67. The maximum absolute atomic E-state index is 12.4. The summed E-state index contributed by atoms with van der Waals surface area (Å²) in [5, 5.41) is 13.7. The van der Waals surface area contributed by atoms with Crippen LogP contribution < -0.4 is 16.2 Å². The van der Waals surface area contributed by atoms with Gasteiger partial charge in [0.05, 0.1) is 12.4 Å². The zero-order valence-electron chi connectivity index (χ0n) is 20.4. The smallest absolute Gasteiger partial charge is 0.271 e. The molecule has 5 aromatic rings. The summed E-state index contributed by atoms with van der Waals surface area (Å²) in [6.45, 7) is 0.623. The molecule has 9 heteroatoms. The molecule has 0 aliphatic rings. The van der Waals surface area contributed by atoms with E-state index in [1.807, 2.05) is 48.5 Å². The van der Waals surface area contributed by atoms with Crippen LogP contribution in [0.5, 0.6) is 0 Å². The van der Waals surface area contributed by atoms with Crippen LogP contribution >= 0.6 is 22.7 Å². The van der Waals surface area contributed by atoms with E-state index >= 15 is 0 Å². The zero-order chi connectivity index (χ0) is 26.2. The summed E-state index contributed by atoms with van der Waals surface area (Å²) in [4.78, 5) is 26.4. The lowest BCUT2D eigenvalue weighted by Gasteiger charge is -2.07. The minimum Gasteiger partial charge on any atom is -0.385 e. The Balaban J connectivity index is 1.01. The van der Waals surface area contributed by atoms with Crippen LogP contribution in [-0.4, -0.2) is 30.8 Å². The van der Waals surface area contributed by atoms with E-state index in [2.05, 4.69) is 50.6 Å². The van der Waals surface area contributed by atoms with Gasteiger partial charge in [-0.05, 0) is 65.7 Å². The Hall–Kier alpha value is -4.34. The molecule has 2 heterocycles. The van der Waals surface area contributed by atoms with Gasteiger partial charge in [-0.15, -0.1) is 22.7 Å². The van der Waals surface area contributed by atoms with Gasteiger partial charge in [0.1, 0.15) is 0 Å². The minimum atomic E-state index is -0.276. The molecule has 0 aliphatic heterocycles. The Kier molecular flexibility index (Phi) is 8.17. The van der Waals surface area contributed by atoms with Crippen LogP contribution in [0.1, 0.15) is 33.0 Å². The second kappa shape index (κ2) is 12.3. The Morgan fingerprint density at radius 3 is 1.92 bits per heavy atom. The summed E-state index contributed by atoms with van der Waals surface area (Å²) < 4.78 is 2.37. The summed E-state index contributed by atoms with van der Waals surface area (Å²) in [5.41, 5.74) is 6.54. The van der Waals surface area contributed by atoms with Gasteiger partial charge in [0.2, 0.25) is 5.91 Å². The SMILES string of the molecule is O=C(CCCNc1ccc(C(=O)N/N=C/c2cc3ccccc3s2)cc1)N/N=C/c1cc2ccccc2s1. The lowest BCUT2D eigenvalue weighted by atomic mass is 10.2. The first kappa shape index (κ1) is 25.3. The highest BCUT2D eigenvalue weighted by Gasteiger charge is 2.05. The number of benzene rings is 3. The van der Waals surface area contributed by atoms with E-state index in [0.717, 1.165) is 20.8 Å². The number of amides is 2. The Labute approximate surface area is 227 Å². The molecule has 2 amide bonds. The van der Waals surface area contributed by atoms with E-state index < -0.39 is 0 Å². The van der Waals surface area contributed by atoms with E-state index in [9.17, 15) is 9.59 Å². The molecule has 3 aromatic carbocycles. The summed E-state index contributed by atoms with van der Waals surface area (Å²) in [5.74, 6) is -0.408. The molecule has 0 atom stereocenters. The maximum Gasteiger partial charge on any atom is 0.271 e. The molecule has 0 unspecified atom stereocenters. The topological polar surface area (TPSA) is 95.0 Å². The number of rotatable bonds is 10. The molecule has 3 N–H and O–H groups in total. The first-order chi connectivity index (χ1) is 18.6. The van der Waals surface area contributed by atoms with Gasteiger partial charge in [0.25, 0.3) is 5.91 Å². The van der Waals surface area contributed by atoms with Crippen molar-refractivity contribution >= 4 is 72.8 Å². The molecule has 2 aromatic heterocycles. The van der Waals surface area contributed by atoms with Crippen LogP contribution in [0.15, 0.2) is 95.1 Å². The summed E-state index contributed by atoms with van der Waals surface area (Å²) in [6.07, 6.45) is 4.34. The average molecular weight is 540 g/mol. The Morgan fingerprint density at radius 1 is 0.737 bits per heavy atom. The predicted octanol–water partition coefficient (Wildman–Crippen LogP) is 6.22. The van der Waals surface area contributed by atoms with Crippen molar-refractivity contribution in [1.82, 2.24) is 10.9 Å². The number of carbonyl (C=O) groups excluding carboxylic acids is 2. The zero-order valence-corrected chi connectivity index (χ0v) is 22.0. The Morgan fingerprint density at radius 2 is 1.32 bits per heavy atom. The number of carbonyl (C=O) groups is 2. The highest BCUT2D eigenvalue weighted by Crippen LogP contribution is 2.24. The fourth-order valence-electron chi connectivity index (χ4n) is 3.80. The molecule has 190 valence electrons. The van der Waals surface area contributed by atoms with Crippen LogP contribution in [0.4, 0.5) is 5.69 Å². The van der Waals surface area contributed by atoms with Gasteiger partial charge in [-0.25, -0.2) is 10.9 Å². The molecule has 38 heavy (non-hydrogen) atoms. The largest absolute Gasteiger partial charge is 0.385 e. The van der Waals surface area contributed by atoms with E-state index in [4.69, 9.17) is 0 Å². The molecule has 0 bridgehead atoms. The molecule has 0 saturated carbocycles. The third kappa shape index (κ3) is 6.70. The van der Waals surface area contributed by atoms with Crippen LogP contribution in [0, 0.1) is 0 Å². The second-order valence-corrected chi connectivity index (χ2v) is 10.7. The fraction of sp³-hybridized carbons (Fsp3) is 0.103. The highest BCUT2D eigenvalue weighted by molar-refractivity contribution is 7.20. The van der Waals surface area contributed by atoms with Crippen LogP contribution in [0.25, 0.3) is 20.2 Å². The number of hydrogen-bond donors (Lipinski definition) is 3. The number of hydrazone groups is 2. The van der Waals surface area contributed by atoms with Gasteiger partial charge in [-0.1, -0.05) is 36.4 Å². The Bertz CT molecular complexity index is 1550. The molecule has 7 nitrogen and oxygen atoms in total. The van der Waals surface area contributed by atoms with Crippen LogP contribution in [0.3, 0.4) is 0 Å². The molecule has 0 spiro atoms. The van der Waals surface area contributed by atoms with Gasteiger partial charge in [0.15, 0.2) is 0 Å². The second-order valence-electron chi connectivity index (χ2n) is 8.47. The predicted molar refractivity (Wildman–Crippen MR) is 159 cm³/mol. The van der Waals surface area contributed by atoms with Crippen LogP contribution in [-0.2, 0) is 4.79 Å².